The first-order valence-electron chi connectivity index (χ1n) is 15.4. The molecular weight excluding hydrogens is 450 g/mol. The van der Waals surface area contributed by atoms with E-state index in [1.807, 2.05) is 0 Å². The van der Waals surface area contributed by atoms with Gasteiger partial charge in [0.25, 0.3) is 0 Å². The van der Waals surface area contributed by atoms with Gasteiger partial charge in [0.2, 0.25) is 0 Å². The molecule has 5 aliphatic rings. The summed E-state index contributed by atoms with van der Waals surface area (Å²) < 4.78 is 6.00. The molecule has 0 spiro atoms. The van der Waals surface area contributed by atoms with Crippen molar-refractivity contribution < 1.29 is 19.4 Å². The summed E-state index contributed by atoms with van der Waals surface area (Å²) in [5.41, 5.74) is 0.775. The number of alkyl carbamates (subject to hydrolysis) is 1. The highest BCUT2D eigenvalue weighted by Gasteiger charge is 2.60. The average molecular weight is 502 g/mol. The normalized spacial score (nSPS) is 43.5. The Balaban J connectivity index is 1.19. The zero-order valence-corrected chi connectivity index (χ0v) is 23.1. The predicted octanol–water partition coefficient (Wildman–Crippen LogP) is 7.57. The molecule has 36 heavy (non-hydrogen) atoms. The van der Waals surface area contributed by atoms with Gasteiger partial charge in [0.15, 0.2) is 0 Å². The summed E-state index contributed by atoms with van der Waals surface area (Å²) in [7, 11) is 0. The van der Waals surface area contributed by atoms with Crippen molar-refractivity contribution in [3.63, 3.8) is 0 Å². The lowest BCUT2D eigenvalue weighted by molar-refractivity contribution is -0.138. The second-order valence-electron chi connectivity index (χ2n) is 14.1. The van der Waals surface area contributed by atoms with Gasteiger partial charge in [-0.2, -0.15) is 0 Å². The number of amides is 1. The van der Waals surface area contributed by atoms with E-state index in [0.717, 1.165) is 49.9 Å². The molecule has 5 rings (SSSR count). The summed E-state index contributed by atoms with van der Waals surface area (Å²) in [5.74, 6) is 3.65. The van der Waals surface area contributed by atoms with Crippen molar-refractivity contribution in [2.24, 2.45) is 46.3 Å². The smallest absolute Gasteiger partial charge is 0.407 e. The van der Waals surface area contributed by atoms with Crippen LogP contribution in [0.1, 0.15) is 124 Å². The number of fused-ring (bicyclic) bond motifs is 5. The fourth-order valence-electron chi connectivity index (χ4n) is 10.5. The molecule has 0 saturated heterocycles. The van der Waals surface area contributed by atoms with Crippen molar-refractivity contribution in [1.82, 2.24) is 5.32 Å². The fourth-order valence-corrected chi connectivity index (χ4v) is 10.5. The fraction of sp³-hybridized carbons (Fsp3) is 0.935. The minimum Gasteiger partial charge on any atom is -0.481 e. The highest BCUT2D eigenvalue weighted by Crippen LogP contribution is 2.68. The number of carbonyl (C=O) groups is 2. The maximum atomic E-state index is 12.6. The van der Waals surface area contributed by atoms with Crippen LogP contribution in [0.2, 0.25) is 0 Å². The van der Waals surface area contributed by atoms with Gasteiger partial charge < -0.3 is 15.2 Å². The van der Waals surface area contributed by atoms with Gasteiger partial charge in [0.1, 0.15) is 6.10 Å². The van der Waals surface area contributed by atoms with Crippen LogP contribution >= 0.6 is 0 Å². The third kappa shape index (κ3) is 4.94. The molecule has 5 saturated carbocycles. The number of carboxylic acids is 1. The number of hydrogen-bond acceptors (Lipinski definition) is 3. The Bertz CT molecular complexity index is 808. The maximum absolute atomic E-state index is 12.6. The molecule has 0 aliphatic heterocycles. The van der Waals surface area contributed by atoms with Crippen LogP contribution in [-0.2, 0) is 9.53 Å². The van der Waals surface area contributed by atoms with Crippen LogP contribution in [0.5, 0.6) is 0 Å². The van der Waals surface area contributed by atoms with E-state index in [0.29, 0.717) is 41.0 Å². The van der Waals surface area contributed by atoms with Gasteiger partial charge in [-0.3, -0.25) is 4.79 Å². The second kappa shape index (κ2) is 10.5. The monoisotopic (exact) mass is 501 g/mol. The molecule has 9 atom stereocenters. The molecule has 5 aliphatic carbocycles. The average Bonchev–Trinajstić information content (AvgIpc) is 3.20. The van der Waals surface area contributed by atoms with E-state index >= 15 is 0 Å². The van der Waals surface area contributed by atoms with Crippen molar-refractivity contribution in [2.45, 2.75) is 136 Å². The summed E-state index contributed by atoms with van der Waals surface area (Å²) >= 11 is 0. The lowest BCUT2D eigenvalue weighted by Crippen LogP contribution is -2.54. The summed E-state index contributed by atoms with van der Waals surface area (Å²) in [6.45, 7) is 7.46. The zero-order valence-electron chi connectivity index (χ0n) is 23.1. The van der Waals surface area contributed by atoms with Gasteiger partial charge >= 0.3 is 12.1 Å². The number of hydrogen-bond donors (Lipinski definition) is 2. The Hall–Kier alpha value is -1.26. The van der Waals surface area contributed by atoms with E-state index in [1.165, 1.54) is 64.2 Å². The third-order valence-corrected chi connectivity index (χ3v) is 12.4. The highest BCUT2D eigenvalue weighted by atomic mass is 16.6. The quantitative estimate of drug-likeness (QED) is 0.393. The molecule has 0 bridgehead atoms. The number of carboxylic acid groups (broad SMARTS) is 1. The van der Waals surface area contributed by atoms with Gasteiger partial charge in [0.05, 0.1) is 0 Å². The molecule has 0 aromatic rings. The molecule has 5 nitrogen and oxygen atoms in total. The van der Waals surface area contributed by atoms with Crippen LogP contribution in [0.15, 0.2) is 0 Å². The molecule has 0 unspecified atom stereocenters. The van der Waals surface area contributed by atoms with Crippen LogP contribution in [0, 0.1) is 46.3 Å². The molecule has 5 heteroatoms. The van der Waals surface area contributed by atoms with Crippen molar-refractivity contribution in [1.29, 1.82) is 0 Å². The topological polar surface area (TPSA) is 75.6 Å². The lowest BCUT2D eigenvalue weighted by Gasteiger charge is -2.61. The first-order chi connectivity index (χ1) is 17.2. The molecule has 0 aromatic carbocycles. The van der Waals surface area contributed by atoms with E-state index in [2.05, 4.69) is 26.1 Å². The molecule has 0 heterocycles. The van der Waals surface area contributed by atoms with Gasteiger partial charge in [-0.05, 0) is 123 Å². The largest absolute Gasteiger partial charge is 0.481 e. The van der Waals surface area contributed by atoms with E-state index in [-0.39, 0.29) is 12.2 Å². The molecule has 0 radical (unpaired) electrons. The van der Waals surface area contributed by atoms with E-state index in [9.17, 15) is 14.7 Å². The van der Waals surface area contributed by atoms with E-state index in [1.54, 1.807) is 0 Å². The van der Waals surface area contributed by atoms with E-state index in [4.69, 9.17) is 4.74 Å². The summed E-state index contributed by atoms with van der Waals surface area (Å²) in [4.78, 5) is 23.8. The molecule has 2 N–H and O–H groups in total. The number of ether oxygens (including phenoxy) is 1. The number of aliphatic carboxylic acids is 1. The first-order valence-corrected chi connectivity index (χ1v) is 15.4. The van der Waals surface area contributed by atoms with Crippen molar-refractivity contribution in [3.05, 3.63) is 0 Å². The number of nitrogens with one attached hydrogen (secondary N) is 1. The van der Waals surface area contributed by atoms with Gasteiger partial charge in [-0.15, -0.1) is 0 Å². The van der Waals surface area contributed by atoms with Crippen LogP contribution < -0.4 is 5.32 Å². The van der Waals surface area contributed by atoms with Gasteiger partial charge in [0, 0.05) is 12.5 Å². The second-order valence-corrected chi connectivity index (χ2v) is 14.1. The van der Waals surface area contributed by atoms with Crippen LogP contribution in [0.4, 0.5) is 4.79 Å². The molecule has 1 amide bonds. The lowest BCUT2D eigenvalue weighted by atomic mass is 9.44. The Morgan fingerprint density at radius 2 is 1.64 bits per heavy atom. The SMILES string of the molecule is C[C@H](CCC(=O)O)[C@H]1CC[C@H]2[C@@H]3CC[C@@H]4C[C@H](OC(=O)NC5CCCCC5)CC[C@]4(C)[C@H]3CC[C@]12C. The maximum Gasteiger partial charge on any atom is 0.407 e. The number of carbonyl (C=O) groups excluding carboxylic acids is 1. The van der Waals surface area contributed by atoms with Gasteiger partial charge in [-0.1, -0.05) is 40.0 Å². The summed E-state index contributed by atoms with van der Waals surface area (Å²) in [6.07, 6.45) is 18.1. The highest BCUT2D eigenvalue weighted by molar-refractivity contribution is 5.67. The third-order valence-electron chi connectivity index (χ3n) is 12.4. The van der Waals surface area contributed by atoms with Crippen molar-refractivity contribution in [3.8, 4) is 0 Å². The molecule has 5 fully saturated rings. The standard InChI is InChI=1S/C31H51NO4/c1-20(9-14-28(33)34)25-12-13-26-24-11-10-21-19-23(36-29(35)32-22-7-5-4-6-8-22)15-17-30(21,2)27(24)16-18-31(25,26)3/h20-27H,4-19H2,1-3H3,(H,32,35)(H,33,34)/t20-,21-,23-,24+,25-,26+,27+,30+,31-/m1/s1. The van der Waals surface area contributed by atoms with Crippen LogP contribution in [-0.4, -0.2) is 29.3 Å². The molecule has 204 valence electrons. The summed E-state index contributed by atoms with van der Waals surface area (Å²) in [5, 5.41) is 12.4. The Kier molecular flexibility index (Phi) is 7.67. The Labute approximate surface area is 218 Å². The summed E-state index contributed by atoms with van der Waals surface area (Å²) in [6, 6.07) is 0.314. The van der Waals surface area contributed by atoms with Crippen LogP contribution in [0.3, 0.4) is 0 Å². The minimum atomic E-state index is -0.650. The van der Waals surface area contributed by atoms with Crippen molar-refractivity contribution >= 4 is 12.1 Å². The molecular formula is C31H51NO4. The zero-order chi connectivity index (χ0) is 25.5. The van der Waals surface area contributed by atoms with Gasteiger partial charge in [-0.25, -0.2) is 4.79 Å². The van der Waals surface area contributed by atoms with E-state index < -0.39 is 5.97 Å². The first kappa shape index (κ1) is 26.4. The Morgan fingerprint density at radius 3 is 2.39 bits per heavy atom. The number of rotatable bonds is 6. The molecule has 0 aromatic heterocycles. The Morgan fingerprint density at radius 1 is 0.917 bits per heavy atom. The minimum absolute atomic E-state index is 0.0861. The van der Waals surface area contributed by atoms with Crippen LogP contribution in [0.25, 0.3) is 0 Å². The van der Waals surface area contributed by atoms with Crippen molar-refractivity contribution in [2.75, 3.05) is 0 Å². The predicted molar refractivity (Wildman–Crippen MR) is 142 cm³/mol.